The molecule has 0 fully saturated rings. The van der Waals surface area contributed by atoms with Crippen molar-refractivity contribution in [2.24, 2.45) is 12.1 Å². The number of nitrogens with one attached hydrogen (secondary N) is 1. The molecule has 106 valence electrons. The summed E-state index contributed by atoms with van der Waals surface area (Å²) in [6.07, 6.45) is 3.63. The first kappa shape index (κ1) is 13.5. The van der Waals surface area contributed by atoms with Crippen molar-refractivity contribution in [2.45, 2.75) is 6.92 Å². The van der Waals surface area contributed by atoms with Crippen molar-refractivity contribution in [2.75, 3.05) is 0 Å². The van der Waals surface area contributed by atoms with Crippen LogP contribution in [0.3, 0.4) is 0 Å². The van der Waals surface area contributed by atoms with Gasteiger partial charge in [-0.1, -0.05) is 18.2 Å². The van der Waals surface area contributed by atoms with Gasteiger partial charge in [-0.3, -0.25) is 4.79 Å². The van der Waals surface area contributed by atoms with E-state index in [9.17, 15) is 4.79 Å². The maximum absolute atomic E-state index is 11.8. The van der Waals surface area contributed by atoms with Crippen molar-refractivity contribution in [1.82, 2.24) is 15.0 Å². The first-order chi connectivity index (χ1) is 10.1. The van der Waals surface area contributed by atoms with Crippen molar-refractivity contribution in [3.63, 3.8) is 0 Å². The zero-order chi connectivity index (χ0) is 14.8. The van der Waals surface area contributed by atoms with Crippen molar-refractivity contribution >= 4 is 34.4 Å². The Hall–Kier alpha value is -2.47. The van der Waals surface area contributed by atoms with Gasteiger partial charge in [0.1, 0.15) is 5.69 Å². The number of aryl methyl sites for hydroxylation is 2. The molecule has 0 aliphatic rings. The standard InChI is InChI=1S/C15H14N4OS/c1-10-17-13(9-21-10)15(20)18-16-7-11-8-19(2)14-6-4-3-5-12(11)14/h3-9H,1-2H3,(H,18,20). The molecule has 0 spiro atoms. The van der Waals surface area contributed by atoms with Crippen LogP contribution >= 0.6 is 11.3 Å². The van der Waals surface area contributed by atoms with E-state index in [0.717, 1.165) is 21.5 Å². The molecule has 2 aromatic heterocycles. The van der Waals surface area contributed by atoms with E-state index in [1.807, 2.05) is 49.0 Å². The summed E-state index contributed by atoms with van der Waals surface area (Å²) < 4.78 is 2.03. The highest BCUT2D eigenvalue weighted by molar-refractivity contribution is 7.09. The van der Waals surface area contributed by atoms with Gasteiger partial charge >= 0.3 is 0 Å². The van der Waals surface area contributed by atoms with Gasteiger partial charge in [0.15, 0.2) is 0 Å². The number of carbonyl (C=O) groups excluding carboxylic acids is 1. The Morgan fingerprint density at radius 1 is 1.43 bits per heavy atom. The van der Waals surface area contributed by atoms with Crippen LogP contribution in [0.4, 0.5) is 0 Å². The second-order valence-electron chi connectivity index (χ2n) is 4.66. The Bertz CT molecular complexity index is 831. The topological polar surface area (TPSA) is 59.3 Å². The van der Waals surface area contributed by atoms with Crippen LogP contribution in [0.1, 0.15) is 21.1 Å². The molecule has 0 radical (unpaired) electrons. The minimum Gasteiger partial charge on any atom is -0.350 e. The maximum atomic E-state index is 11.8. The molecule has 3 aromatic rings. The van der Waals surface area contributed by atoms with E-state index in [0.29, 0.717) is 5.69 Å². The Balaban J connectivity index is 1.78. The molecule has 1 N–H and O–H groups in total. The van der Waals surface area contributed by atoms with E-state index < -0.39 is 0 Å². The van der Waals surface area contributed by atoms with Crippen LogP contribution in [0.5, 0.6) is 0 Å². The summed E-state index contributed by atoms with van der Waals surface area (Å²) in [5, 5.41) is 7.70. The molecule has 0 atom stereocenters. The average molecular weight is 298 g/mol. The summed E-state index contributed by atoms with van der Waals surface area (Å²) in [5.41, 5.74) is 4.98. The molecule has 0 saturated carbocycles. The third-order valence-electron chi connectivity index (χ3n) is 3.15. The molecule has 21 heavy (non-hydrogen) atoms. The number of hydrogen-bond acceptors (Lipinski definition) is 4. The highest BCUT2D eigenvalue weighted by Crippen LogP contribution is 2.18. The van der Waals surface area contributed by atoms with Gasteiger partial charge in [-0.2, -0.15) is 5.10 Å². The van der Waals surface area contributed by atoms with Gasteiger partial charge in [0.2, 0.25) is 0 Å². The molecular weight excluding hydrogens is 284 g/mol. The molecular formula is C15H14N4OS. The molecule has 0 unspecified atom stereocenters. The lowest BCUT2D eigenvalue weighted by Gasteiger charge is -1.95. The van der Waals surface area contributed by atoms with Crippen molar-refractivity contribution in [3.8, 4) is 0 Å². The normalized spacial score (nSPS) is 11.3. The van der Waals surface area contributed by atoms with E-state index in [-0.39, 0.29) is 5.91 Å². The third-order valence-corrected chi connectivity index (χ3v) is 3.92. The number of thiazole rings is 1. The van der Waals surface area contributed by atoms with Crippen LogP contribution in [0, 0.1) is 6.92 Å². The fraction of sp³-hybridized carbons (Fsp3) is 0.133. The Morgan fingerprint density at radius 2 is 2.24 bits per heavy atom. The summed E-state index contributed by atoms with van der Waals surface area (Å²) in [5.74, 6) is -0.296. The maximum Gasteiger partial charge on any atom is 0.290 e. The fourth-order valence-corrected chi connectivity index (χ4v) is 2.75. The number of para-hydroxylation sites is 1. The van der Waals surface area contributed by atoms with Gasteiger partial charge < -0.3 is 4.57 Å². The van der Waals surface area contributed by atoms with Crippen LogP contribution < -0.4 is 5.43 Å². The number of rotatable bonds is 3. The van der Waals surface area contributed by atoms with E-state index in [1.54, 1.807) is 11.6 Å². The van der Waals surface area contributed by atoms with E-state index in [2.05, 4.69) is 15.5 Å². The summed E-state index contributed by atoms with van der Waals surface area (Å²) in [7, 11) is 1.98. The van der Waals surface area contributed by atoms with Crippen LogP contribution in [0.15, 0.2) is 40.9 Å². The predicted octanol–water partition coefficient (Wildman–Crippen LogP) is 2.71. The van der Waals surface area contributed by atoms with Crippen molar-refractivity contribution < 1.29 is 4.79 Å². The average Bonchev–Trinajstić information content (AvgIpc) is 3.04. The lowest BCUT2D eigenvalue weighted by atomic mass is 10.2. The molecule has 1 aromatic carbocycles. The highest BCUT2D eigenvalue weighted by Gasteiger charge is 2.08. The highest BCUT2D eigenvalue weighted by atomic mass is 32.1. The lowest BCUT2D eigenvalue weighted by Crippen LogP contribution is -2.17. The number of carbonyl (C=O) groups is 1. The van der Waals surface area contributed by atoms with Crippen molar-refractivity contribution in [1.29, 1.82) is 0 Å². The molecule has 3 rings (SSSR count). The van der Waals surface area contributed by atoms with E-state index in [1.165, 1.54) is 11.3 Å². The van der Waals surface area contributed by atoms with Crippen LogP contribution in [-0.2, 0) is 7.05 Å². The number of aromatic nitrogens is 2. The summed E-state index contributed by atoms with van der Waals surface area (Å²) in [4.78, 5) is 15.9. The van der Waals surface area contributed by atoms with Crippen molar-refractivity contribution in [3.05, 3.63) is 52.1 Å². The van der Waals surface area contributed by atoms with Crippen LogP contribution in [0.2, 0.25) is 0 Å². The monoisotopic (exact) mass is 298 g/mol. The molecule has 2 heterocycles. The second kappa shape index (κ2) is 5.49. The minimum atomic E-state index is -0.296. The smallest absolute Gasteiger partial charge is 0.290 e. The summed E-state index contributed by atoms with van der Waals surface area (Å²) in [6.45, 7) is 1.86. The van der Waals surface area contributed by atoms with Crippen LogP contribution in [0.25, 0.3) is 10.9 Å². The first-order valence-corrected chi connectivity index (χ1v) is 7.33. The number of hydrazone groups is 1. The molecule has 0 aliphatic heterocycles. The lowest BCUT2D eigenvalue weighted by molar-refractivity contribution is 0.0950. The van der Waals surface area contributed by atoms with Gasteiger partial charge in [-0.05, 0) is 13.0 Å². The molecule has 0 aliphatic carbocycles. The quantitative estimate of drug-likeness (QED) is 0.597. The van der Waals surface area contributed by atoms with Gasteiger partial charge in [0, 0.05) is 35.1 Å². The number of amides is 1. The zero-order valence-electron chi connectivity index (χ0n) is 11.7. The predicted molar refractivity (Wildman–Crippen MR) is 84.8 cm³/mol. The SMILES string of the molecule is Cc1nc(C(=O)NN=Cc2cn(C)c3ccccc23)cs1. The van der Waals surface area contributed by atoms with E-state index >= 15 is 0 Å². The molecule has 0 saturated heterocycles. The third kappa shape index (κ3) is 2.71. The number of fused-ring (bicyclic) bond motifs is 1. The van der Waals surface area contributed by atoms with Gasteiger partial charge in [0.25, 0.3) is 5.91 Å². The molecule has 0 bridgehead atoms. The summed E-state index contributed by atoms with van der Waals surface area (Å²) >= 11 is 1.44. The molecule has 5 nitrogen and oxygen atoms in total. The molecule has 6 heteroatoms. The Morgan fingerprint density at radius 3 is 3.00 bits per heavy atom. The van der Waals surface area contributed by atoms with Gasteiger partial charge in [-0.15, -0.1) is 11.3 Å². The number of nitrogens with zero attached hydrogens (tertiary/aromatic N) is 3. The Kier molecular flexibility index (Phi) is 3.53. The van der Waals surface area contributed by atoms with Gasteiger partial charge in [-0.25, -0.2) is 10.4 Å². The minimum absolute atomic E-state index is 0.296. The Labute approximate surface area is 125 Å². The van der Waals surface area contributed by atoms with E-state index in [4.69, 9.17) is 0 Å². The molecule has 1 amide bonds. The zero-order valence-corrected chi connectivity index (χ0v) is 12.5. The number of benzene rings is 1. The number of hydrogen-bond donors (Lipinski definition) is 1. The largest absolute Gasteiger partial charge is 0.350 e. The van der Waals surface area contributed by atoms with Gasteiger partial charge in [0.05, 0.1) is 11.2 Å². The second-order valence-corrected chi connectivity index (χ2v) is 5.73. The first-order valence-electron chi connectivity index (χ1n) is 6.45. The fourth-order valence-electron chi connectivity index (χ4n) is 2.16. The summed E-state index contributed by atoms with van der Waals surface area (Å²) in [6, 6.07) is 8.05. The van der Waals surface area contributed by atoms with Crippen LogP contribution in [-0.4, -0.2) is 21.7 Å².